The summed E-state index contributed by atoms with van der Waals surface area (Å²) < 4.78 is 41.1. The second kappa shape index (κ2) is 9.38. The Morgan fingerprint density at radius 3 is 2.40 bits per heavy atom. The number of rotatable bonds is 8. The minimum Gasteiger partial charge on any atom is -0.379 e. The molecule has 35 heavy (non-hydrogen) atoms. The molecular formula is C22H27FN8O3S. The second-order valence-electron chi connectivity index (χ2n) is 9.13. The van der Waals surface area contributed by atoms with Crippen LogP contribution in [-0.2, 0) is 10.0 Å². The van der Waals surface area contributed by atoms with Gasteiger partial charge >= 0.3 is 0 Å². The zero-order chi connectivity index (χ0) is 24.6. The van der Waals surface area contributed by atoms with E-state index >= 15 is 0 Å². The lowest BCUT2D eigenvalue weighted by Gasteiger charge is -2.29. The molecule has 2 fully saturated rings. The van der Waals surface area contributed by atoms with Crippen LogP contribution in [0.4, 0.5) is 21.6 Å². The zero-order valence-corrected chi connectivity index (χ0v) is 20.0. The maximum absolute atomic E-state index is 14.0. The standard InChI is InChI=1S/C22H27FN8O3S/c1-35(33,34)30-15-6-4-14(5-7-15)27-20-10-18(26-13-2-3-13)21-25-12-19(31(21)29-20)22(32)28-17-8-9-24-11-16(17)23/h8-15,26,30H,2-7H2,1H3,(H,27,29)(H,24,28,32). The van der Waals surface area contributed by atoms with Crippen molar-refractivity contribution in [3.8, 4) is 0 Å². The Morgan fingerprint density at radius 1 is 1.03 bits per heavy atom. The Balaban J connectivity index is 1.37. The molecule has 0 saturated heterocycles. The molecule has 1 amide bonds. The van der Waals surface area contributed by atoms with Gasteiger partial charge in [0.1, 0.15) is 5.82 Å². The van der Waals surface area contributed by atoms with Gasteiger partial charge in [-0.3, -0.25) is 9.78 Å². The number of sulfonamides is 1. The molecule has 2 aliphatic rings. The molecule has 11 nitrogen and oxygen atoms in total. The molecule has 5 rings (SSSR count). The van der Waals surface area contributed by atoms with E-state index in [2.05, 4.69) is 35.7 Å². The summed E-state index contributed by atoms with van der Waals surface area (Å²) in [6.45, 7) is 0. The number of amides is 1. The quantitative estimate of drug-likeness (QED) is 0.368. The van der Waals surface area contributed by atoms with E-state index in [0.29, 0.717) is 17.5 Å². The number of carbonyl (C=O) groups is 1. The minimum atomic E-state index is -3.23. The summed E-state index contributed by atoms with van der Waals surface area (Å²) in [6.07, 6.45) is 10.1. The van der Waals surface area contributed by atoms with Crippen molar-refractivity contribution in [3.63, 3.8) is 0 Å². The van der Waals surface area contributed by atoms with Crippen LogP contribution in [0.3, 0.4) is 0 Å². The summed E-state index contributed by atoms with van der Waals surface area (Å²) in [4.78, 5) is 21.0. The number of anilines is 3. The Labute approximate surface area is 202 Å². The Kier molecular flexibility index (Phi) is 6.28. The lowest BCUT2D eigenvalue weighted by atomic mass is 9.92. The molecule has 2 saturated carbocycles. The molecule has 2 aliphatic carbocycles. The first-order valence-corrected chi connectivity index (χ1v) is 13.4. The Hall–Kier alpha value is -3.32. The monoisotopic (exact) mass is 502 g/mol. The zero-order valence-electron chi connectivity index (χ0n) is 19.2. The van der Waals surface area contributed by atoms with Crippen LogP contribution in [-0.4, -0.2) is 58.3 Å². The molecule has 4 N–H and O–H groups in total. The summed E-state index contributed by atoms with van der Waals surface area (Å²) >= 11 is 0. The Morgan fingerprint density at radius 2 is 1.71 bits per heavy atom. The van der Waals surface area contributed by atoms with Crippen molar-refractivity contribution in [2.75, 3.05) is 22.2 Å². The molecule has 3 aromatic heterocycles. The van der Waals surface area contributed by atoms with Gasteiger partial charge in [-0.05, 0) is 44.6 Å². The maximum atomic E-state index is 14.0. The number of imidazole rings is 1. The van der Waals surface area contributed by atoms with Crippen LogP contribution < -0.4 is 20.7 Å². The van der Waals surface area contributed by atoms with Gasteiger partial charge in [-0.15, -0.1) is 5.10 Å². The molecule has 0 aliphatic heterocycles. The molecule has 186 valence electrons. The average molecular weight is 503 g/mol. The number of nitrogens with zero attached hydrogens (tertiary/aromatic N) is 4. The third-order valence-corrected chi connectivity index (χ3v) is 6.88. The Bertz CT molecular complexity index is 1350. The molecule has 0 radical (unpaired) electrons. The minimum absolute atomic E-state index is 0.0185. The van der Waals surface area contributed by atoms with Crippen LogP contribution in [0.25, 0.3) is 5.65 Å². The first kappa shape index (κ1) is 23.4. The fourth-order valence-corrected chi connectivity index (χ4v) is 5.12. The summed E-state index contributed by atoms with van der Waals surface area (Å²) in [5.74, 6) is -0.610. The lowest BCUT2D eigenvalue weighted by molar-refractivity contribution is 0.102. The van der Waals surface area contributed by atoms with E-state index in [-0.39, 0.29) is 23.5 Å². The second-order valence-corrected chi connectivity index (χ2v) is 10.9. The van der Waals surface area contributed by atoms with Gasteiger partial charge in [0.05, 0.1) is 30.0 Å². The van der Waals surface area contributed by atoms with Gasteiger partial charge in [-0.1, -0.05) is 0 Å². The van der Waals surface area contributed by atoms with E-state index in [9.17, 15) is 17.6 Å². The smallest absolute Gasteiger partial charge is 0.276 e. The van der Waals surface area contributed by atoms with E-state index < -0.39 is 21.7 Å². The SMILES string of the molecule is CS(=O)(=O)NC1CCC(Nc2cc(NC3CC3)c3ncc(C(=O)Nc4ccncc4F)n3n2)CC1. The van der Waals surface area contributed by atoms with Crippen LogP contribution in [0, 0.1) is 5.82 Å². The number of nitrogens with one attached hydrogen (secondary N) is 4. The van der Waals surface area contributed by atoms with Crippen molar-refractivity contribution in [2.45, 2.75) is 56.7 Å². The van der Waals surface area contributed by atoms with Crippen molar-refractivity contribution in [1.82, 2.24) is 24.3 Å². The van der Waals surface area contributed by atoms with Gasteiger partial charge in [0.25, 0.3) is 5.91 Å². The number of hydrogen-bond donors (Lipinski definition) is 4. The highest BCUT2D eigenvalue weighted by molar-refractivity contribution is 7.88. The topological polar surface area (TPSA) is 142 Å². The fourth-order valence-electron chi connectivity index (χ4n) is 4.28. The summed E-state index contributed by atoms with van der Waals surface area (Å²) in [5.41, 5.74) is 1.44. The van der Waals surface area contributed by atoms with Gasteiger partial charge in [-0.2, -0.15) is 0 Å². The van der Waals surface area contributed by atoms with Crippen LogP contribution in [0.5, 0.6) is 0 Å². The summed E-state index contributed by atoms with van der Waals surface area (Å²) in [7, 11) is -3.23. The predicted molar refractivity (Wildman–Crippen MR) is 129 cm³/mol. The molecule has 0 bridgehead atoms. The van der Waals surface area contributed by atoms with Gasteiger partial charge in [-0.25, -0.2) is 27.0 Å². The van der Waals surface area contributed by atoms with Crippen molar-refractivity contribution >= 4 is 38.8 Å². The molecule has 3 aromatic rings. The van der Waals surface area contributed by atoms with Crippen LogP contribution >= 0.6 is 0 Å². The first-order chi connectivity index (χ1) is 16.7. The van der Waals surface area contributed by atoms with Gasteiger partial charge in [0, 0.05) is 30.4 Å². The molecule has 0 unspecified atom stereocenters. The number of carbonyl (C=O) groups excluding carboxylic acids is 1. The number of pyridine rings is 1. The van der Waals surface area contributed by atoms with Gasteiger partial charge in [0.15, 0.2) is 17.2 Å². The number of halogens is 1. The highest BCUT2D eigenvalue weighted by atomic mass is 32.2. The van der Waals surface area contributed by atoms with E-state index in [1.807, 2.05) is 6.07 Å². The predicted octanol–water partition coefficient (Wildman–Crippen LogP) is 2.36. The van der Waals surface area contributed by atoms with Crippen LogP contribution in [0.2, 0.25) is 0 Å². The normalized spacial score (nSPS) is 20.5. The van der Waals surface area contributed by atoms with Crippen LogP contribution in [0.15, 0.2) is 30.7 Å². The largest absolute Gasteiger partial charge is 0.379 e. The molecule has 0 aromatic carbocycles. The maximum Gasteiger partial charge on any atom is 0.276 e. The molecule has 0 atom stereocenters. The number of aromatic nitrogens is 4. The van der Waals surface area contributed by atoms with Crippen molar-refractivity contribution in [3.05, 3.63) is 42.2 Å². The van der Waals surface area contributed by atoms with Crippen molar-refractivity contribution < 1.29 is 17.6 Å². The lowest BCUT2D eigenvalue weighted by Crippen LogP contribution is -2.39. The highest BCUT2D eigenvalue weighted by Crippen LogP contribution is 2.30. The van der Waals surface area contributed by atoms with Crippen molar-refractivity contribution in [2.24, 2.45) is 0 Å². The highest BCUT2D eigenvalue weighted by Gasteiger charge is 2.26. The first-order valence-electron chi connectivity index (χ1n) is 11.6. The summed E-state index contributed by atoms with van der Waals surface area (Å²) in [6, 6.07) is 3.66. The number of hydrogen-bond acceptors (Lipinski definition) is 8. The molecule has 3 heterocycles. The van der Waals surface area contributed by atoms with Gasteiger partial charge < -0.3 is 16.0 Å². The van der Waals surface area contributed by atoms with E-state index in [1.165, 1.54) is 29.2 Å². The molecular weight excluding hydrogens is 475 g/mol. The number of fused-ring (bicyclic) bond motifs is 1. The fraction of sp³-hybridized carbons (Fsp3) is 0.455. The van der Waals surface area contributed by atoms with Crippen molar-refractivity contribution in [1.29, 1.82) is 0 Å². The average Bonchev–Trinajstić information content (AvgIpc) is 3.51. The van der Waals surface area contributed by atoms with Crippen LogP contribution in [0.1, 0.15) is 49.0 Å². The molecule has 0 spiro atoms. The molecule has 13 heteroatoms. The van der Waals surface area contributed by atoms with E-state index in [0.717, 1.165) is 50.4 Å². The third-order valence-electron chi connectivity index (χ3n) is 6.12. The summed E-state index contributed by atoms with van der Waals surface area (Å²) in [5, 5.41) is 14.0. The third kappa shape index (κ3) is 5.68. The van der Waals surface area contributed by atoms with E-state index in [4.69, 9.17) is 0 Å². The van der Waals surface area contributed by atoms with Gasteiger partial charge in [0.2, 0.25) is 10.0 Å². The van der Waals surface area contributed by atoms with E-state index in [1.54, 1.807) is 0 Å².